The molecule has 1 fully saturated rings. The number of carbonyl (C=O) groups excluding carboxylic acids is 1. The largest absolute Gasteiger partial charge is 0.497 e. The molecule has 0 atom stereocenters. The third-order valence-electron chi connectivity index (χ3n) is 6.92. The molecule has 0 radical (unpaired) electrons. The van der Waals surface area contributed by atoms with E-state index in [1.807, 2.05) is 12.1 Å². The van der Waals surface area contributed by atoms with E-state index in [1.165, 1.54) is 36.8 Å². The molecule has 1 heterocycles. The molecule has 4 nitrogen and oxygen atoms in total. The first-order chi connectivity index (χ1) is 15.7. The van der Waals surface area contributed by atoms with Gasteiger partial charge in [-0.15, -0.1) is 0 Å². The van der Waals surface area contributed by atoms with E-state index in [0.29, 0.717) is 13.2 Å². The Morgan fingerprint density at radius 3 is 2.59 bits per heavy atom. The number of hydrogen-bond donors (Lipinski definition) is 1. The molecular formula is C28H35NO3. The summed E-state index contributed by atoms with van der Waals surface area (Å²) < 4.78 is 11.0. The molecule has 1 aliphatic carbocycles. The van der Waals surface area contributed by atoms with E-state index in [-0.39, 0.29) is 5.91 Å². The van der Waals surface area contributed by atoms with Gasteiger partial charge in [-0.05, 0) is 80.2 Å². The summed E-state index contributed by atoms with van der Waals surface area (Å²) in [4.78, 5) is 13.4. The Bertz CT molecular complexity index is 943. The summed E-state index contributed by atoms with van der Waals surface area (Å²) in [7, 11) is 1.69. The van der Waals surface area contributed by atoms with E-state index in [9.17, 15) is 4.79 Å². The average molecular weight is 434 g/mol. The lowest BCUT2D eigenvalue weighted by molar-refractivity contribution is -0.136. The number of methoxy groups -OCH3 is 1. The van der Waals surface area contributed by atoms with E-state index in [1.54, 1.807) is 7.11 Å². The van der Waals surface area contributed by atoms with Crippen molar-refractivity contribution in [2.24, 2.45) is 5.41 Å². The highest BCUT2D eigenvalue weighted by Gasteiger charge is 2.40. The Morgan fingerprint density at radius 2 is 1.84 bits per heavy atom. The standard InChI is InChI=1S/C28H35NO3/c1-31-26-12-6-11-25(20-26)24-10-5-9-23(19-24)21-28(14-17-32-18-15-28)27(30)29-16-13-22-7-3-2-4-8-22/h5-7,9-12,19-20H,2-4,8,13-18,21H2,1H3,(H,29,30). The van der Waals surface area contributed by atoms with Crippen LogP contribution in [0.2, 0.25) is 0 Å². The van der Waals surface area contributed by atoms with Crippen LogP contribution in [-0.2, 0) is 16.0 Å². The molecule has 32 heavy (non-hydrogen) atoms. The molecule has 2 aromatic carbocycles. The van der Waals surface area contributed by atoms with Crippen molar-refractivity contribution in [1.29, 1.82) is 0 Å². The number of amides is 1. The maximum Gasteiger partial charge on any atom is 0.226 e. The lowest BCUT2D eigenvalue weighted by Gasteiger charge is -2.36. The van der Waals surface area contributed by atoms with E-state index in [2.05, 4.69) is 47.8 Å². The van der Waals surface area contributed by atoms with Gasteiger partial charge >= 0.3 is 0 Å². The minimum atomic E-state index is -0.397. The molecule has 1 saturated heterocycles. The second-order valence-electron chi connectivity index (χ2n) is 9.12. The number of carbonyl (C=O) groups is 1. The molecule has 4 rings (SSSR count). The van der Waals surface area contributed by atoms with Gasteiger partial charge in [-0.3, -0.25) is 4.79 Å². The van der Waals surface area contributed by atoms with Crippen LogP contribution in [0.15, 0.2) is 60.2 Å². The van der Waals surface area contributed by atoms with Crippen LogP contribution in [-0.4, -0.2) is 32.8 Å². The third-order valence-corrected chi connectivity index (χ3v) is 6.92. The van der Waals surface area contributed by atoms with Crippen molar-refractivity contribution >= 4 is 5.91 Å². The van der Waals surface area contributed by atoms with Crippen molar-refractivity contribution in [3.63, 3.8) is 0 Å². The first-order valence-corrected chi connectivity index (χ1v) is 12.0. The summed E-state index contributed by atoms with van der Waals surface area (Å²) in [5.41, 5.74) is 4.57. The fourth-order valence-corrected chi connectivity index (χ4v) is 4.96. The lowest BCUT2D eigenvalue weighted by Crippen LogP contribution is -2.46. The van der Waals surface area contributed by atoms with Gasteiger partial charge in [0.1, 0.15) is 5.75 Å². The molecule has 0 spiro atoms. The maximum absolute atomic E-state index is 13.4. The van der Waals surface area contributed by atoms with Gasteiger partial charge in [-0.2, -0.15) is 0 Å². The average Bonchev–Trinajstić information content (AvgIpc) is 2.85. The monoisotopic (exact) mass is 433 g/mol. The summed E-state index contributed by atoms with van der Waals surface area (Å²) in [6.45, 7) is 2.03. The predicted molar refractivity (Wildman–Crippen MR) is 129 cm³/mol. The lowest BCUT2D eigenvalue weighted by atomic mass is 9.74. The number of nitrogens with one attached hydrogen (secondary N) is 1. The molecule has 1 aliphatic heterocycles. The van der Waals surface area contributed by atoms with Gasteiger partial charge in [0.05, 0.1) is 12.5 Å². The number of ether oxygens (including phenoxy) is 2. The Labute approximate surface area is 192 Å². The molecule has 0 aromatic heterocycles. The van der Waals surface area contributed by atoms with E-state index >= 15 is 0 Å². The summed E-state index contributed by atoms with van der Waals surface area (Å²) in [6.07, 6.45) is 10.6. The van der Waals surface area contributed by atoms with Crippen LogP contribution in [0.4, 0.5) is 0 Å². The summed E-state index contributed by atoms with van der Waals surface area (Å²) in [5, 5.41) is 3.27. The van der Waals surface area contributed by atoms with Gasteiger partial charge < -0.3 is 14.8 Å². The molecule has 0 unspecified atom stereocenters. The quantitative estimate of drug-likeness (QED) is 0.543. The Balaban J connectivity index is 1.47. The molecular weight excluding hydrogens is 398 g/mol. The second-order valence-corrected chi connectivity index (χ2v) is 9.12. The fraction of sp³-hybridized carbons (Fsp3) is 0.464. The molecule has 4 heteroatoms. The highest BCUT2D eigenvalue weighted by Crippen LogP contribution is 2.36. The van der Waals surface area contributed by atoms with E-state index < -0.39 is 5.41 Å². The predicted octanol–water partition coefficient (Wildman–Crippen LogP) is 5.71. The second kappa shape index (κ2) is 10.8. The van der Waals surface area contributed by atoms with Crippen LogP contribution in [0, 0.1) is 5.41 Å². The summed E-state index contributed by atoms with van der Waals surface area (Å²) in [6, 6.07) is 16.7. The van der Waals surface area contributed by atoms with Crippen LogP contribution in [0.5, 0.6) is 5.75 Å². The number of rotatable bonds is 8. The van der Waals surface area contributed by atoms with Crippen LogP contribution in [0.25, 0.3) is 11.1 Å². The molecule has 1 N–H and O–H groups in total. The van der Waals surface area contributed by atoms with Crippen molar-refractivity contribution in [2.75, 3.05) is 26.9 Å². The molecule has 170 valence electrons. The topological polar surface area (TPSA) is 47.6 Å². The SMILES string of the molecule is COc1cccc(-c2cccc(CC3(C(=O)NCCC4=CCCCC4)CCOCC3)c2)c1. The highest BCUT2D eigenvalue weighted by atomic mass is 16.5. The van der Waals surface area contributed by atoms with Crippen LogP contribution in [0.3, 0.4) is 0 Å². The summed E-state index contributed by atoms with van der Waals surface area (Å²) >= 11 is 0. The first-order valence-electron chi connectivity index (χ1n) is 12.0. The maximum atomic E-state index is 13.4. The van der Waals surface area contributed by atoms with Crippen molar-refractivity contribution in [3.8, 4) is 16.9 Å². The van der Waals surface area contributed by atoms with Crippen molar-refractivity contribution in [2.45, 2.75) is 51.4 Å². The third kappa shape index (κ3) is 5.60. The Hall–Kier alpha value is -2.59. The molecule has 0 saturated carbocycles. The van der Waals surface area contributed by atoms with Gasteiger partial charge in [0.2, 0.25) is 5.91 Å². The zero-order chi connectivity index (χ0) is 22.2. The number of allylic oxidation sites excluding steroid dienone is 1. The van der Waals surface area contributed by atoms with E-state index in [0.717, 1.165) is 49.1 Å². The molecule has 2 aromatic rings. The molecule has 1 amide bonds. The van der Waals surface area contributed by atoms with Gasteiger partial charge in [0, 0.05) is 19.8 Å². The van der Waals surface area contributed by atoms with Crippen LogP contribution in [0.1, 0.15) is 50.5 Å². The zero-order valence-electron chi connectivity index (χ0n) is 19.2. The van der Waals surface area contributed by atoms with Gasteiger partial charge in [-0.1, -0.05) is 48.0 Å². The fourth-order valence-electron chi connectivity index (χ4n) is 4.96. The van der Waals surface area contributed by atoms with Crippen molar-refractivity contribution in [3.05, 3.63) is 65.7 Å². The molecule has 0 bridgehead atoms. The summed E-state index contributed by atoms with van der Waals surface area (Å²) in [5.74, 6) is 1.03. The van der Waals surface area contributed by atoms with Crippen molar-refractivity contribution < 1.29 is 14.3 Å². The Morgan fingerprint density at radius 1 is 1.06 bits per heavy atom. The number of benzene rings is 2. The zero-order valence-corrected chi connectivity index (χ0v) is 19.2. The molecule has 2 aliphatic rings. The normalized spacial score (nSPS) is 18.0. The minimum Gasteiger partial charge on any atom is -0.497 e. The van der Waals surface area contributed by atoms with Crippen LogP contribution < -0.4 is 10.1 Å². The van der Waals surface area contributed by atoms with E-state index in [4.69, 9.17) is 9.47 Å². The van der Waals surface area contributed by atoms with Gasteiger partial charge in [0.15, 0.2) is 0 Å². The van der Waals surface area contributed by atoms with Gasteiger partial charge in [0.25, 0.3) is 0 Å². The smallest absolute Gasteiger partial charge is 0.226 e. The Kier molecular flexibility index (Phi) is 7.64. The van der Waals surface area contributed by atoms with Gasteiger partial charge in [-0.25, -0.2) is 0 Å². The highest BCUT2D eigenvalue weighted by molar-refractivity contribution is 5.83. The number of hydrogen-bond acceptors (Lipinski definition) is 3. The van der Waals surface area contributed by atoms with Crippen molar-refractivity contribution in [1.82, 2.24) is 5.32 Å². The first kappa shape index (κ1) is 22.6. The minimum absolute atomic E-state index is 0.184. The van der Waals surface area contributed by atoms with Crippen LogP contribution >= 0.6 is 0 Å².